The molecule has 0 saturated heterocycles. The maximum atomic E-state index is 5.84. The highest BCUT2D eigenvalue weighted by atomic mass is 16.5. The van der Waals surface area contributed by atoms with Gasteiger partial charge in [-0.15, -0.1) is 0 Å². The second-order valence-corrected chi connectivity index (χ2v) is 5.97. The smallest absolute Gasteiger partial charge is 0.118 e. The van der Waals surface area contributed by atoms with Gasteiger partial charge in [0.25, 0.3) is 0 Å². The first-order valence-electron chi connectivity index (χ1n) is 8.61. The van der Waals surface area contributed by atoms with E-state index in [4.69, 9.17) is 14.5 Å². The maximum Gasteiger partial charge on any atom is 0.118 e. The molecule has 0 N–H and O–H groups in total. The highest BCUT2D eigenvalue weighted by molar-refractivity contribution is 5.80. The SMILES string of the molecule is COc1ccc(C=N[C@@H](c2ccccc2)[C@H](OC)c2ccccc2)cc1. The fourth-order valence-corrected chi connectivity index (χ4v) is 2.94. The fraction of sp³-hybridized carbons (Fsp3) is 0.174. The van der Waals surface area contributed by atoms with E-state index in [9.17, 15) is 0 Å². The molecule has 0 saturated carbocycles. The van der Waals surface area contributed by atoms with Crippen LogP contribution in [0.3, 0.4) is 0 Å². The lowest BCUT2D eigenvalue weighted by Crippen LogP contribution is -2.12. The summed E-state index contributed by atoms with van der Waals surface area (Å²) in [5.41, 5.74) is 3.25. The van der Waals surface area contributed by atoms with Gasteiger partial charge in [0.15, 0.2) is 0 Å². The standard InChI is InChI=1S/C23H23NO2/c1-25-21-15-13-18(14-16-21)17-24-22(19-9-5-3-6-10-19)23(26-2)20-11-7-4-8-12-20/h3-17,22-23H,1-2H3/t22-,23+/m0/s1. The Hall–Kier alpha value is -2.91. The minimum Gasteiger partial charge on any atom is -0.497 e. The minimum absolute atomic E-state index is 0.134. The molecule has 3 nitrogen and oxygen atoms in total. The van der Waals surface area contributed by atoms with Gasteiger partial charge in [0.2, 0.25) is 0 Å². The van der Waals surface area contributed by atoms with E-state index in [2.05, 4.69) is 24.3 Å². The van der Waals surface area contributed by atoms with Crippen molar-refractivity contribution in [2.24, 2.45) is 4.99 Å². The number of benzene rings is 3. The Morgan fingerprint density at radius 2 is 1.31 bits per heavy atom. The molecule has 3 aromatic carbocycles. The average molecular weight is 345 g/mol. The Morgan fingerprint density at radius 3 is 1.85 bits per heavy atom. The maximum absolute atomic E-state index is 5.84. The van der Waals surface area contributed by atoms with E-state index >= 15 is 0 Å². The second-order valence-electron chi connectivity index (χ2n) is 5.97. The van der Waals surface area contributed by atoms with Crippen molar-refractivity contribution in [2.45, 2.75) is 12.1 Å². The molecule has 0 aliphatic heterocycles. The van der Waals surface area contributed by atoms with Crippen molar-refractivity contribution in [3.63, 3.8) is 0 Å². The summed E-state index contributed by atoms with van der Waals surface area (Å²) < 4.78 is 11.1. The van der Waals surface area contributed by atoms with Crippen LogP contribution in [0.15, 0.2) is 89.9 Å². The van der Waals surface area contributed by atoms with Gasteiger partial charge in [-0.25, -0.2) is 0 Å². The number of hydrogen-bond acceptors (Lipinski definition) is 3. The van der Waals surface area contributed by atoms with Gasteiger partial charge in [-0.1, -0.05) is 60.7 Å². The van der Waals surface area contributed by atoms with Gasteiger partial charge in [-0.05, 0) is 41.0 Å². The lowest BCUT2D eigenvalue weighted by Gasteiger charge is -2.24. The van der Waals surface area contributed by atoms with Crippen LogP contribution in [0.5, 0.6) is 5.75 Å². The summed E-state index contributed by atoms with van der Waals surface area (Å²) in [7, 11) is 3.40. The van der Waals surface area contributed by atoms with Crippen molar-refractivity contribution in [3.05, 3.63) is 102 Å². The molecule has 0 radical (unpaired) electrons. The Labute approximate surface area is 154 Å². The summed E-state index contributed by atoms with van der Waals surface area (Å²) in [6.45, 7) is 0. The van der Waals surface area contributed by atoms with Crippen LogP contribution in [0.1, 0.15) is 28.8 Å². The molecule has 2 atom stereocenters. The zero-order chi connectivity index (χ0) is 18.2. The Bertz CT molecular complexity index is 814. The predicted octanol–water partition coefficient (Wildman–Crippen LogP) is 5.24. The Balaban J connectivity index is 1.93. The van der Waals surface area contributed by atoms with Gasteiger partial charge in [0.05, 0.1) is 7.11 Å². The van der Waals surface area contributed by atoms with E-state index in [1.807, 2.05) is 66.9 Å². The molecule has 0 bridgehead atoms. The number of ether oxygens (including phenoxy) is 2. The van der Waals surface area contributed by atoms with Gasteiger partial charge in [0, 0.05) is 13.3 Å². The first-order valence-corrected chi connectivity index (χ1v) is 8.61. The van der Waals surface area contributed by atoms with Crippen LogP contribution in [0.25, 0.3) is 0 Å². The van der Waals surface area contributed by atoms with Crippen molar-refractivity contribution in [3.8, 4) is 5.75 Å². The van der Waals surface area contributed by atoms with Crippen LogP contribution in [-0.2, 0) is 4.74 Å². The number of nitrogens with zero attached hydrogens (tertiary/aromatic N) is 1. The first-order chi connectivity index (χ1) is 12.8. The Kier molecular flexibility index (Phi) is 6.18. The third-order valence-electron chi connectivity index (χ3n) is 4.31. The summed E-state index contributed by atoms with van der Waals surface area (Å²) in [6, 6.07) is 28.2. The predicted molar refractivity (Wildman–Crippen MR) is 106 cm³/mol. The zero-order valence-electron chi connectivity index (χ0n) is 15.1. The van der Waals surface area contributed by atoms with Gasteiger partial charge < -0.3 is 9.47 Å². The van der Waals surface area contributed by atoms with Crippen LogP contribution in [0, 0.1) is 0 Å². The van der Waals surface area contributed by atoms with E-state index in [0.29, 0.717) is 0 Å². The van der Waals surface area contributed by atoms with Crippen molar-refractivity contribution in [1.82, 2.24) is 0 Å². The summed E-state index contributed by atoms with van der Waals surface area (Å²) >= 11 is 0. The third-order valence-corrected chi connectivity index (χ3v) is 4.31. The van der Waals surface area contributed by atoms with E-state index < -0.39 is 0 Å². The van der Waals surface area contributed by atoms with Gasteiger partial charge in [-0.2, -0.15) is 0 Å². The van der Waals surface area contributed by atoms with Crippen LogP contribution in [0.4, 0.5) is 0 Å². The quantitative estimate of drug-likeness (QED) is 0.548. The largest absolute Gasteiger partial charge is 0.497 e. The van der Waals surface area contributed by atoms with Gasteiger partial charge in [-0.3, -0.25) is 4.99 Å². The van der Waals surface area contributed by atoms with Crippen LogP contribution >= 0.6 is 0 Å². The van der Waals surface area contributed by atoms with E-state index in [1.54, 1.807) is 14.2 Å². The van der Waals surface area contributed by atoms with E-state index in [0.717, 1.165) is 22.4 Å². The van der Waals surface area contributed by atoms with Gasteiger partial charge in [0.1, 0.15) is 17.9 Å². The topological polar surface area (TPSA) is 30.8 Å². The molecule has 0 aliphatic rings. The summed E-state index contributed by atoms with van der Waals surface area (Å²) in [4.78, 5) is 4.88. The average Bonchev–Trinajstić information content (AvgIpc) is 2.73. The van der Waals surface area contributed by atoms with Crippen molar-refractivity contribution < 1.29 is 9.47 Å². The molecule has 3 rings (SSSR count). The zero-order valence-corrected chi connectivity index (χ0v) is 15.1. The van der Waals surface area contributed by atoms with Crippen molar-refractivity contribution in [2.75, 3.05) is 14.2 Å². The molecular weight excluding hydrogens is 322 g/mol. The molecule has 0 spiro atoms. The van der Waals surface area contributed by atoms with Crippen LogP contribution in [-0.4, -0.2) is 20.4 Å². The molecule has 0 aliphatic carbocycles. The summed E-state index contributed by atoms with van der Waals surface area (Å²) in [5.74, 6) is 0.834. The monoisotopic (exact) mass is 345 g/mol. The molecule has 3 heteroatoms. The Morgan fingerprint density at radius 1 is 0.731 bits per heavy atom. The summed E-state index contributed by atoms with van der Waals surface area (Å²) in [6.07, 6.45) is 1.74. The fourth-order valence-electron chi connectivity index (χ4n) is 2.94. The third kappa shape index (κ3) is 4.38. The lowest BCUT2D eigenvalue weighted by molar-refractivity contribution is 0.0811. The second kappa shape index (κ2) is 8.97. The first kappa shape index (κ1) is 17.9. The molecule has 132 valence electrons. The normalized spacial score (nSPS) is 13.5. The van der Waals surface area contributed by atoms with Gasteiger partial charge >= 0.3 is 0 Å². The lowest BCUT2D eigenvalue weighted by atomic mass is 9.96. The number of hydrogen-bond donors (Lipinski definition) is 0. The highest BCUT2D eigenvalue weighted by Gasteiger charge is 2.23. The molecule has 3 aromatic rings. The number of rotatable bonds is 7. The highest BCUT2D eigenvalue weighted by Crippen LogP contribution is 2.34. The molecule has 26 heavy (non-hydrogen) atoms. The molecule has 0 aromatic heterocycles. The van der Waals surface area contributed by atoms with Crippen molar-refractivity contribution in [1.29, 1.82) is 0 Å². The minimum atomic E-state index is -0.159. The van der Waals surface area contributed by atoms with E-state index in [-0.39, 0.29) is 12.1 Å². The van der Waals surface area contributed by atoms with Crippen molar-refractivity contribution >= 4 is 6.21 Å². The molecular formula is C23H23NO2. The van der Waals surface area contributed by atoms with Crippen LogP contribution < -0.4 is 4.74 Å². The number of aliphatic imine (C=N–C) groups is 1. The molecule has 0 heterocycles. The molecule has 0 amide bonds. The molecule has 0 unspecified atom stereocenters. The van der Waals surface area contributed by atoms with E-state index in [1.165, 1.54) is 0 Å². The van der Waals surface area contributed by atoms with Crippen LogP contribution in [0.2, 0.25) is 0 Å². The number of methoxy groups -OCH3 is 2. The summed E-state index contributed by atoms with van der Waals surface area (Å²) in [5, 5.41) is 0. The molecule has 0 fully saturated rings.